The van der Waals surface area contributed by atoms with E-state index in [0.717, 1.165) is 5.56 Å². The van der Waals surface area contributed by atoms with Crippen molar-refractivity contribution >= 4 is 18.1 Å². The fourth-order valence-electron chi connectivity index (χ4n) is 0.883. The summed E-state index contributed by atoms with van der Waals surface area (Å²) in [7, 11) is 0. The summed E-state index contributed by atoms with van der Waals surface area (Å²) in [4.78, 5) is 20.9. The third-order valence-corrected chi connectivity index (χ3v) is 1.46. The van der Waals surface area contributed by atoms with Gasteiger partial charge in [-0.2, -0.15) is 0 Å². The highest BCUT2D eigenvalue weighted by Gasteiger charge is 1.99. The minimum Gasteiger partial charge on any atom is -0.465 e. The molecular formula is C10H9NO3. The summed E-state index contributed by atoms with van der Waals surface area (Å²) in [6.45, 7) is 0. The fraction of sp³-hybridized carbons (Fsp3) is 0. The average molecular weight is 191 g/mol. The molecule has 4 heteroatoms. The zero-order valence-corrected chi connectivity index (χ0v) is 7.31. The number of amides is 2. The van der Waals surface area contributed by atoms with Crippen molar-refractivity contribution in [3.63, 3.8) is 0 Å². The number of hydrogen-bond donors (Lipinski definition) is 2. The van der Waals surface area contributed by atoms with Gasteiger partial charge in [-0.1, -0.05) is 30.3 Å². The van der Waals surface area contributed by atoms with E-state index in [1.165, 1.54) is 12.2 Å². The van der Waals surface area contributed by atoms with Crippen LogP contribution in [-0.4, -0.2) is 17.1 Å². The first-order valence-electron chi connectivity index (χ1n) is 3.95. The summed E-state index contributed by atoms with van der Waals surface area (Å²) in [6.07, 6.45) is 1.36. The van der Waals surface area contributed by atoms with Crippen molar-refractivity contribution in [3.05, 3.63) is 42.0 Å². The second kappa shape index (κ2) is 4.81. The molecule has 2 N–H and O–H groups in total. The van der Waals surface area contributed by atoms with Gasteiger partial charge in [0.05, 0.1) is 0 Å². The number of carboxylic acid groups (broad SMARTS) is 1. The summed E-state index contributed by atoms with van der Waals surface area (Å²) < 4.78 is 0. The second-order valence-electron chi connectivity index (χ2n) is 2.54. The quantitative estimate of drug-likeness (QED) is 0.696. The first kappa shape index (κ1) is 9.98. The molecule has 0 unspecified atom stereocenters. The topological polar surface area (TPSA) is 66.4 Å². The molecule has 0 fully saturated rings. The van der Waals surface area contributed by atoms with Crippen LogP contribution in [0.5, 0.6) is 0 Å². The summed E-state index contributed by atoms with van der Waals surface area (Å²) >= 11 is 0. The molecule has 0 radical (unpaired) electrons. The summed E-state index contributed by atoms with van der Waals surface area (Å²) in [5.74, 6) is -0.652. The lowest BCUT2D eigenvalue weighted by Crippen LogP contribution is -2.26. The summed E-state index contributed by atoms with van der Waals surface area (Å²) in [5.41, 5.74) is 0.841. The van der Waals surface area contributed by atoms with Gasteiger partial charge >= 0.3 is 6.09 Å². The zero-order chi connectivity index (χ0) is 10.4. The molecule has 0 aliphatic rings. The Kier molecular flexibility index (Phi) is 3.43. The van der Waals surface area contributed by atoms with E-state index >= 15 is 0 Å². The van der Waals surface area contributed by atoms with Gasteiger partial charge in [0.25, 0.3) is 5.91 Å². The number of imide groups is 1. The molecule has 2 amide bonds. The van der Waals surface area contributed by atoms with Crippen LogP contribution in [0, 0.1) is 0 Å². The van der Waals surface area contributed by atoms with Crippen molar-refractivity contribution in [2.45, 2.75) is 0 Å². The highest BCUT2D eigenvalue weighted by molar-refractivity contribution is 6.00. The van der Waals surface area contributed by atoms with Gasteiger partial charge in [-0.15, -0.1) is 0 Å². The number of benzene rings is 1. The van der Waals surface area contributed by atoms with Crippen LogP contribution in [0.4, 0.5) is 4.79 Å². The van der Waals surface area contributed by atoms with Gasteiger partial charge < -0.3 is 5.11 Å². The molecule has 0 atom stereocenters. The highest BCUT2D eigenvalue weighted by atomic mass is 16.4. The Balaban J connectivity index is 2.56. The van der Waals surface area contributed by atoms with Crippen molar-refractivity contribution in [2.24, 2.45) is 0 Å². The van der Waals surface area contributed by atoms with Crippen molar-refractivity contribution in [3.8, 4) is 0 Å². The lowest BCUT2D eigenvalue weighted by molar-refractivity contribution is -0.115. The van der Waals surface area contributed by atoms with Crippen molar-refractivity contribution in [2.75, 3.05) is 0 Å². The van der Waals surface area contributed by atoms with E-state index in [2.05, 4.69) is 0 Å². The van der Waals surface area contributed by atoms with Gasteiger partial charge in [-0.25, -0.2) is 4.79 Å². The van der Waals surface area contributed by atoms with Crippen LogP contribution >= 0.6 is 0 Å². The molecule has 0 aliphatic heterocycles. The second-order valence-corrected chi connectivity index (χ2v) is 2.54. The van der Waals surface area contributed by atoms with E-state index in [0.29, 0.717) is 0 Å². The molecule has 4 nitrogen and oxygen atoms in total. The van der Waals surface area contributed by atoms with Gasteiger partial charge in [0.15, 0.2) is 0 Å². The molecule has 1 aromatic carbocycles. The molecule has 0 saturated carbocycles. The van der Waals surface area contributed by atoms with Crippen LogP contribution in [0.1, 0.15) is 5.56 Å². The first-order chi connectivity index (χ1) is 6.68. The predicted octanol–water partition coefficient (Wildman–Crippen LogP) is 1.49. The minimum absolute atomic E-state index is 0.652. The Hall–Kier alpha value is -2.10. The lowest BCUT2D eigenvalue weighted by atomic mass is 10.2. The number of carbonyl (C=O) groups is 2. The lowest BCUT2D eigenvalue weighted by Gasteiger charge is -1.93. The Morgan fingerprint density at radius 2 is 1.86 bits per heavy atom. The van der Waals surface area contributed by atoms with Gasteiger partial charge in [0.1, 0.15) is 0 Å². The normalized spacial score (nSPS) is 10.0. The molecule has 0 aromatic heterocycles. The first-order valence-corrected chi connectivity index (χ1v) is 3.95. The zero-order valence-electron chi connectivity index (χ0n) is 7.31. The number of rotatable bonds is 2. The third kappa shape index (κ3) is 3.53. The molecule has 0 heterocycles. The van der Waals surface area contributed by atoms with Crippen molar-refractivity contribution in [1.82, 2.24) is 5.32 Å². The molecule has 0 spiro atoms. The monoisotopic (exact) mass is 191 g/mol. The average Bonchev–Trinajstić information content (AvgIpc) is 2.15. The smallest absolute Gasteiger partial charge is 0.411 e. The molecule has 1 rings (SSSR count). The summed E-state index contributed by atoms with van der Waals surface area (Å²) in [6, 6.07) is 9.13. The van der Waals surface area contributed by atoms with Crippen LogP contribution in [0.15, 0.2) is 36.4 Å². The van der Waals surface area contributed by atoms with E-state index in [-0.39, 0.29) is 0 Å². The predicted molar refractivity (Wildman–Crippen MR) is 51.6 cm³/mol. The van der Waals surface area contributed by atoms with Crippen LogP contribution in [0.2, 0.25) is 0 Å². The number of carbonyl (C=O) groups excluding carboxylic acids is 1. The van der Waals surface area contributed by atoms with Gasteiger partial charge in [-0.05, 0) is 11.6 Å². The van der Waals surface area contributed by atoms with Crippen molar-refractivity contribution in [1.29, 1.82) is 0 Å². The summed E-state index contributed by atoms with van der Waals surface area (Å²) in [5, 5.41) is 9.92. The number of hydrogen-bond acceptors (Lipinski definition) is 2. The Labute approximate surface area is 80.9 Å². The van der Waals surface area contributed by atoms with Crippen LogP contribution in [0.25, 0.3) is 6.08 Å². The maximum Gasteiger partial charge on any atom is 0.411 e. The maximum atomic E-state index is 10.8. The van der Waals surface area contributed by atoms with Gasteiger partial charge in [0, 0.05) is 6.08 Å². The largest absolute Gasteiger partial charge is 0.465 e. The Bertz CT molecular complexity index is 357. The highest BCUT2D eigenvalue weighted by Crippen LogP contribution is 2.00. The van der Waals surface area contributed by atoms with Crippen LogP contribution in [-0.2, 0) is 4.79 Å². The van der Waals surface area contributed by atoms with Gasteiger partial charge in [-0.3, -0.25) is 10.1 Å². The molecule has 14 heavy (non-hydrogen) atoms. The molecule has 0 saturated heterocycles. The SMILES string of the molecule is O=C(O)NC(=O)C=Cc1ccccc1. The standard InChI is InChI=1S/C10H9NO3/c12-9(11-10(13)14)7-6-8-4-2-1-3-5-8/h1-7H,(H,11,12)(H,13,14). The van der Waals surface area contributed by atoms with Crippen LogP contribution < -0.4 is 5.32 Å². The molecule has 0 bridgehead atoms. The van der Waals surface area contributed by atoms with Crippen molar-refractivity contribution < 1.29 is 14.7 Å². The molecule has 72 valence electrons. The Morgan fingerprint density at radius 1 is 1.21 bits per heavy atom. The van der Waals surface area contributed by atoms with E-state index in [4.69, 9.17) is 5.11 Å². The van der Waals surface area contributed by atoms with Gasteiger partial charge in [0.2, 0.25) is 0 Å². The Morgan fingerprint density at radius 3 is 2.43 bits per heavy atom. The minimum atomic E-state index is -1.35. The molecule has 0 aliphatic carbocycles. The fourth-order valence-corrected chi connectivity index (χ4v) is 0.883. The van der Waals surface area contributed by atoms with E-state index < -0.39 is 12.0 Å². The maximum absolute atomic E-state index is 10.8. The van der Waals surface area contributed by atoms with E-state index in [1.54, 1.807) is 5.32 Å². The third-order valence-electron chi connectivity index (χ3n) is 1.46. The van der Waals surface area contributed by atoms with E-state index in [9.17, 15) is 9.59 Å². The molecule has 1 aromatic rings. The van der Waals surface area contributed by atoms with E-state index in [1.807, 2.05) is 30.3 Å². The van der Waals surface area contributed by atoms with Crippen LogP contribution in [0.3, 0.4) is 0 Å². The number of nitrogens with one attached hydrogen (secondary N) is 1. The molecular weight excluding hydrogens is 182 g/mol.